The summed E-state index contributed by atoms with van der Waals surface area (Å²) in [6.07, 6.45) is 6.36. The lowest BCUT2D eigenvalue weighted by molar-refractivity contribution is -0.116. The van der Waals surface area contributed by atoms with Crippen LogP contribution in [-0.2, 0) is 11.3 Å². The number of rotatable bonds is 4. The van der Waals surface area contributed by atoms with Gasteiger partial charge in [0.1, 0.15) is 0 Å². The third kappa shape index (κ3) is 2.82. The number of carbonyl (C=O) groups excluding carboxylic acids is 1. The number of anilines is 1. The normalized spacial score (nSPS) is 19.9. The van der Waals surface area contributed by atoms with Gasteiger partial charge in [0, 0.05) is 25.2 Å². The van der Waals surface area contributed by atoms with Gasteiger partial charge in [-0.3, -0.25) is 9.48 Å². The molecule has 0 bridgehead atoms. The van der Waals surface area contributed by atoms with Gasteiger partial charge in [-0.05, 0) is 26.3 Å². The molecule has 0 aliphatic carbocycles. The Morgan fingerprint density at radius 2 is 2.62 bits per heavy atom. The van der Waals surface area contributed by atoms with Gasteiger partial charge in [-0.2, -0.15) is 5.10 Å². The van der Waals surface area contributed by atoms with Crippen LogP contribution in [0.1, 0.15) is 26.2 Å². The number of nitrogens with zero attached hydrogens (tertiary/aromatic N) is 2. The van der Waals surface area contributed by atoms with E-state index in [1.165, 1.54) is 6.42 Å². The van der Waals surface area contributed by atoms with Crippen molar-refractivity contribution < 1.29 is 4.79 Å². The molecule has 0 aromatic carbocycles. The van der Waals surface area contributed by atoms with E-state index >= 15 is 0 Å². The number of nitrogens with one attached hydrogen (secondary N) is 2. The number of hydrogen-bond donors (Lipinski definition) is 2. The molecule has 1 aliphatic rings. The highest BCUT2D eigenvalue weighted by molar-refractivity contribution is 5.90. The van der Waals surface area contributed by atoms with Crippen molar-refractivity contribution in [2.75, 3.05) is 11.9 Å². The molecule has 2 heterocycles. The van der Waals surface area contributed by atoms with Crippen LogP contribution in [-0.4, -0.2) is 28.3 Å². The van der Waals surface area contributed by atoms with E-state index in [0.717, 1.165) is 25.2 Å². The monoisotopic (exact) mass is 222 g/mol. The van der Waals surface area contributed by atoms with E-state index in [9.17, 15) is 4.79 Å². The Kier molecular flexibility index (Phi) is 3.56. The van der Waals surface area contributed by atoms with Crippen molar-refractivity contribution in [3.8, 4) is 0 Å². The molecule has 0 spiro atoms. The van der Waals surface area contributed by atoms with Gasteiger partial charge in [0.25, 0.3) is 0 Å². The predicted octanol–water partition coefficient (Wildman–Crippen LogP) is 0.984. The summed E-state index contributed by atoms with van der Waals surface area (Å²) in [5, 5.41) is 10.3. The zero-order valence-corrected chi connectivity index (χ0v) is 9.57. The van der Waals surface area contributed by atoms with Crippen molar-refractivity contribution in [2.24, 2.45) is 0 Å². The predicted molar refractivity (Wildman–Crippen MR) is 62.2 cm³/mol. The van der Waals surface area contributed by atoms with Gasteiger partial charge in [0.2, 0.25) is 5.91 Å². The summed E-state index contributed by atoms with van der Waals surface area (Å²) in [5.41, 5.74) is 0.782. The van der Waals surface area contributed by atoms with Crippen molar-refractivity contribution in [1.82, 2.24) is 15.1 Å². The van der Waals surface area contributed by atoms with Gasteiger partial charge >= 0.3 is 0 Å². The molecule has 1 saturated heterocycles. The molecule has 1 aliphatic heterocycles. The summed E-state index contributed by atoms with van der Waals surface area (Å²) < 4.78 is 1.80. The minimum absolute atomic E-state index is 0.0649. The van der Waals surface area contributed by atoms with E-state index in [-0.39, 0.29) is 5.91 Å². The minimum Gasteiger partial charge on any atom is -0.323 e. The van der Waals surface area contributed by atoms with Crippen molar-refractivity contribution >= 4 is 11.6 Å². The van der Waals surface area contributed by atoms with E-state index in [1.54, 1.807) is 10.9 Å². The molecule has 16 heavy (non-hydrogen) atoms. The van der Waals surface area contributed by atoms with E-state index < -0.39 is 0 Å². The van der Waals surface area contributed by atoms with E-state index in [2.05, 4.69) is 15.7 Å². The highest BCUT2D eigenvalue weighted by atomic mass is 16.1. The molecular weight excluding hydrogens is 204 g/mol. The van der Waals surface area contributed by atoms with Gasteiger partial charge in [-0.1, -0.05) is 0 Å². The molecule has 2 N–H and O–H groups in total. The maximum atomic E-state index is 11.7. The topological polar surface area (TPSA) is 59.0 Å². The number of aryl methyl sites for hydroxylation is 1. The summed E-state index contributed by atoms with van der Waals surface area (Å²) >= 11 is 0. The fourth-order valence-corrected chi connectivity index (χ4v) is 1.97. The van der Waals surface area contributed by atoms with Crippen molar-refractivity contribution in [3.05, 3.63) is 12.4 Å². The van der Waals surface area contributed by atoms with Crippen molar-refractivity contribution in [2.45, 2.75) is 38.8 Å². The van der Waals surface area contributed by atoms with Gasteiger partial charge in [0.05, 0.1) is 11.9 Å². The Bertz CT molecular complexity index is 355. The van der Waals surface area contributed by atoms with Crippen LogP contribution in [0.2, 0.25) is 0 Å². The van der Waals surface area contributed by atoms with Gasteiger partial charge < -0.3 is 10.6 Å². The highest BCUT2D eigenvalue weighted by Crippen LogP contribution is 2.11. The van der Waals surface area contributed by atoms with Crippen LogP contribution in [0.25, 0.3) is 0 Å². The van der Waals surface area contributed by atoms with E-state index in [4.69, 9.17) is 0 Å². The summed E-state index contributed by atoms with van der Waals surface area (Å²) in [7, 11) is 0. The average molecular weight is 222 g/mol. The Morgan fingerprint density at radius 3 is 3.25 bits per heavy atom. The summed E-state index contributed by atoms with van der Waals surface area (Å²) in [4.78, 5) is 11.7. The third-order valence-electron chi connectivity index (χ3n) is 2.84. The first-order valence-corrected chi connectivity index (χ1v) is 5.83. The highest BCUT2D eigenvalue weighted by Gasteiger charge is 2.17. The van der Waals surface area contributed by atoms with Gasteiger partial charge in [0.15, 0.2) is 0 Å². The summed E-state index contributed by atoms with van der Waals surface area (Å²) in [5.74, 6) is 0.0649. The van der Waals surface area contributed by atoms with Gasteiger partial charge in [-0.25, -0.2) is 0 Å². The number of aromatic nitrogens is 2. The molecule has 1 atom stereocenters. The second kappa shape index (κ2) is 5.12. The molecule has 88 valence electrons. The number of hydrogen-bond acceptors (Lipinski definition) is 3. The molecule has 5 heteroatoms. The maximum Gasteiger partial charge on any atom is 0.226 e. The Hall–Kier alpha value is -1.36. The average Bonchev–Trinajstić information content (AvgIpc) is 2.89. The maximum absolute atomic E-state index is 11.7. The lowest BCUT2D eigenvalue weighted by Crippen LogP contribution is -2.27. The number of amides is 1. The Balaban J connectivity index is 1.81. The van der Waals surface area contributed by atoms with E-state index in [1.807, 2.05) is 13.1 Å². The van der Waals surface area contributed by atoms with Crippen LogP contribution in [0.3, 0.4) is 0 Å². The number of carbonyl (C=O) groups is 1. The van der Waals surface area contributed by atoms with Crippen molar-refractivity contribution in [3.63, 3.8) is 0 Å². The second-order valence-corrected chi connectivity index (χ2v) is 4.13. The molecule has 0 radical (unpaired) electrons. The molecule has 1 aromatic heterocycles. The van der Waals surface area contributed by atoms with Crippen molar-refractivity contribution in [1.29, 1.82) is 0 Å². The molecule has 1 unspecified atom stereocenters. The van der Waals surface area contributed by atoms with Crippen LogP contribution in [0.4, 0.5) is 5.69 Å². The third-order valence-corrected chi connectivity index (χ3v) is 2.84. The largest absolute Gasteiger partial charge is 0.323 e. The smallest absolute Gasteiger partial charge is 0.226 e. The second-order valence-electron chi connectivity index (χ2n) is 4.13. The first kappa shape index (κ1) is 11.1. The molecule has 0 saturated carbocycles. The molecule has 1 amide bonds. The van der Waals surface area contributed by atoms with Crippen LogP contribution < -0.4 is 10.6 Å². The van der Waals surface area contributed by atoms with Gasteiger partial charge in [-0.15, -0.1) is 0 Å². The molecule has 1 fully saturated rings. The zero-order valence-electron chi connectivity index (χ0n) is 9.57. The Labute approximate surface area is 95.2 Å². The molecule has 1 aromatic rings. The lowest BCUT2D eigenvalue weighted by atomic mass is 10.1. The first-order chi connectivity index (χ1) is 7.78. The standard InChI is InChI=1S/C11H18N4O/c1-2-15-8-10(7-13-15)14-11(16)6-9-4-3-5-12-9/h7-9,12H,2-6H2,1H3,(H,14,16). The molecule has 2 rings (SSSR count). The SMILES string of the molecule is CCn1cc(NC(=O)CC2CCCN2)cn1. The quantitative estimate of drug-likeness (QED) is 0.798. The van der Waals surface area contributed by atoms with Crippen LogP contribution in [0.5, 0.6) is 0 Å². The summed E-state index contributed by atoms with van der Waals surface area (Å²) in [6, 6.07) is 0.348. The molecule has 5 nitrogen and oxygen atoms in total. The molecular formula is C11H18N4O. The Morgan fingerprint density at radius 1 is 1.75 bits per heavy atom. The first-order valence-electron chi connectivity index (χ1n) is 5.83. The minimum atomic E-state index is 0.0649. The van der Waals surface area contributed by atoms with Crippen LogP contribution in [0, 0.1) is 0 Å². The van der Waals surface area contributed by atoms with Crippen LogP contribution in [0.15, 0.2) is 12.4 Å². The fraction of sp³-hybridized carbons (Fsp3) is 0.636. The zero-order chi connectivity index (χ0) is 11.4. The fourth-order valence-electron chi connectivity index (χ4n) is 1.97. The summed E-state index contributed by atoms with van der Waals surface area (Å²) in [6.45, 7) is 3.87. The van der Waals surface area contributed by atoms with E-state index in [0.29, 0.717) is 12.5 Å². The van der Waals surface area contributed by atoms with Crippen LogP contribution >= 0.6 is 0 Å². The lowest BCUT2D eigenvalue weighted by Gasteiger charge is -2.08.